The van der Waals surface area contributed by atoms with Crippen molar-refractivity contribution in [3.8, 4) is 23.0 Å². The number of aliphatic hydroxyl groups is 2. The second kappa shape index (κ2) is 15.4. The van der Waals surface area contributed by atoms with Crippen LogP contribution in [0.1, 0.15) is 91.0 Å². The van der Waals surface area contributed by atoms with Gasteiger partial charge < -0.3 is 45.5 Å². The number of para-hydroxylation sites is 1. The van der Waals surface area contributed by atoms with Gasteiger partial charge in [0.2, 0.25) is 0 Å². The maximum absolute atomic E-state index is 13.3. The number of ether oxygens (including phenoxy) is 2. The number of piperidine rings is 2. The van der Waals surface area contributed by atoms with E-state index < -0.39 is 54.5 Å². The molecule has 3 saturated carbocycles. The van der Waals surface area contributed by atoms with E-state index in [4.69, 9.17) is 30.8 Å². The number of nitrogens with one attached hydrogen (secondary N) is 3. The highest BCUT2D eigenvalue weighted by atomic mass is 32.2. The number of fused-ring (bicyclic) bond motifs is 4. The number of likely N-dealkylation sites (tertiary alicyclic amines) is 2. The van der Waals surface area contributed by atoms with Gasteiger partial charge in [-0.25, -0.2) is 0 Å². The molecular formula is C49H59N5O12S3. The maximum Gasteiger partial charge on any atom is 0.261 e. The third kappa shape index (κ3) is 6.97. The normalized spacial score (nSPS) is 34.1. The Morgan fingerprint density at radius 1 is 0.768 bits per heavy atom. The topological polar surface area (TPSA) is 254 Å². The molecule has 5 fully saturated rings. The fourth-order valence-corrected chi connectivity index (χ4v) is 15.0. The molecule has 0 unspecified atom stereocenters. The first-order valence-corrected chi connectivity index (χ1v) is 28.2. The third-order valence-electron chi connectivity index (χ3n) is 17.5. The van der Waals surface area contributed by atoms with Crippen molar-refractivity contribution in [1.82, 2.24) is 20.1 Å². The van der Waals surface area contributed by atoms with Gasteiger partial charge in [0.15, 0.2) is 34.2 Å². The second-order valence-corrected chi connectivity index (χ2v) is 25.0. The van der Waals surface area contributed by atoms with E-state index in [1.54, 1.807) is 12.1 Å². The lowest BCUT2D eigenvalue weighted by Gasteiger charge is -2.64. The number of phenols is 2. The van der Waals surface area contributed by atoms with E-state index in [-0.39, 0.29) is 29.6 Å². The fraction of sp³-hybridized carbons (Fsp3) is 0.571. The average molecular weight is 1010 g/mol. The Hall–Kier alpha value is -4.25. The Balaban J connectivity index is 0.000000451. The zero-order valence-electron chi connectivity index (χ0n) is 38.4. The lowest BCUT2D eigenvalue weighted by Crippen LogP contribution is -2.78. The minimum atomic E-state index is -3.67. The molecular weight excluding hydrogens is 947 g/mol. The number of rotatable bonds is 6. The summed E-state index contributed by atoms with van der Waals surface area (Å²) >= 11 is 6.14. The summed E-state index contributed by atoms with van der Waals surface area (Å²) in [5, 5.41) is 57.4. The van der Waals surface area contributed by atoms with Crippen molar-refractivity contribution in [2.75, 3.05) is 44.0 Å². The van der Waals surface area contributed by atoms with Gasteiger partial charge in [0.25, 0.3) is 20.2 Å². The number of aromatic hydroxyl groups is 2. The summed E-state index contributed by atoms with van der Waals surface area (Å²) in [6.45, 7) is 3.87. The van der Waals surface area contributed by atoms with Gasteiger partial charge in [-0.2, -0.15) is 16.8 Å². The van der Waals surface area contributed by atoms with E-state index in [0.29, 0.717) is 54.3 Å². The largest absolute Gasteiger partial charge is 0.504 e. The van der Waals surface area contributed by atoms with E-state index >= 15 is 0 Å². The summed E-state index contributed by atoms with van der Waals surface area (Å²) in [7, 11) is -7.33. The van der Waals surface area contributed by atoms with Crippen LogP contribution in [0.4, 0.5) is 5.69 Å². The Morgan fingerprint density at radius 2 is 1.32 bits per heavy atom. The van der Waals surface area contributed by atoms with Crippen molar-refractivity contribution >= 4 is 54.2 Å². The average Bonchev–Trinajstić information content (AvgIpc) is 4.16. The van der Waals surface area contributed by atoms with Crippen LogP contribution >= 0.6 is 12.2 Å². The number of H-pyrrole nitrogens is 1. The van der Waals surface area contributed by atoms with Crippen LogP contribution in [-0.4, -0.2) is 140 Å². The van der Waals surface area contributed by atoms with Crippen LogP contribution in [0.2, 0.25) is 0 Å². The molecule has 0 amide bonds. The summed E-state index contributed by atoms with van der Waals surface area (Å²) in [5.74, 6) is 2.79. The number of benzene rings is 3. The molecule has 10 aliphatic rings. The van der Waals surface area contributed by atoms with Crippen LogP contribution in [0.15, 0.2) is 42.5 Å². The van der Waals surface area contributed by atoms with Crippen LogP contribution < -0.4 is 20.1 Å². The highest BCUT2D eigenvalue weighted by molar-refractivity contribution is 7.85. The van der Waals surface area contributed by atoms with Crippen molar-refractivity contribution < 1.29 is 55.8 Å². The van der Waals surface area contributed by atoms with Gasteiger partial charge >= 0.3 is 0 Å². The molecule has 6 aliphatic carbocycles. The van der Waals surface area contributed by atoms with Gasteiger partial charge in [-0.3, -0.25) is 18.9 Å². The third-order valence-corrected chi connectivity index (χ3v) is 17.7. The number of aromatic amines is 1. The molecule has 9 N–H and O–H groups in total. The molecule has 4 aliphatic heterocycles. The number of phenolic OH excluding ortho intramolecular Hbond substituents is 2. The Morgan fingerprint density at radius 3 is 1.91 bits per heavy atom. The zero-order chi connectivity index (χ0) is 48.4. The molecule has 9 atom stereocenters. The van der Waals surface area contributed by atoms with Crippen LogP contribution in [0.3, 0.4) is 0 Å². The van der Waals surface area contributed by atoms with Crippen molar-refractivity contribution in [2.45, 2.75) is 123 Å². The molecule has 2 spiro atoms. The molecule has 4 bridgehead atoms. The molecule has 14 rings (SSSR count). The SMILES string of the molecule is CS(=O)(=O)O.CS(=O)(=O)O.Oc1ccc2c3c1O[C@H]1c4[nH]c5c(NC(=S)N[C@@H]6CC[C@@]7(O)[C@H]8Cc9ccc(O)c%10c9[C@@]7(CCN8CC7CC7)[C@H]6O%10)cccc5c4C[C@@]4(O)[C@@H](C2)N(CC2CC2)CC[C@]314. The molecule has 4 aromatic rings. The Bertz CT molecular complexity index is 3020. The van der Waals surface area contributed by atoms with Gasteiger partial charge in [-0.15, -0.1) is 0 Å². The monoisotopic (exact) mass is 1010 g/mol. The molecule has 3 aromatic carbocycles. The van der Waals surface area contributed by atoms with Crippen molar-refractivity contribution in [2.24, 2.45) is 11.8 Å². The fourth-order valence-electron chi connectivity index (χ4n) is 14.7. The van der Waals surface area contributed by atoms with Gasteiger partial charge in [-0.05, 0) is 136 Å². The molecule has 5 heterocycles. The summed E-state index contributed by atoms with van der Waals surface area (Å²) in [6, 6.07) is 13.6. The number of aromatic nitrogens is 1. The van der Waals surface area contributed by atoms with Crippen molar-refractivity contribution in [3.05, 3.63) is 76.0 Å². The first-order chi connectivity index (χ1) is 32.6. The number of hydrogen-bond acceptors (Lipinski definition) is 13. The molecule has 2 saturated heterocycles. The van der Waals surface area contributed by atoms with Gasteiger partial charge in [-0.1, -0.05) is 24.3 Å². The highest BCUT2D eigenvalue weighted by Gasteiger charge is 2.74. The molecule has 17 nitrogen and oxygen atoms in total. The van der Waals surface area contributed by atoms with E-state index in [0.717, 1.165) is 96.8 Å². The van der Waals surface area contributed by atoms with Gasteiger partial charge in [0, 0.05) is 48.1 Å². The standard InChI is InChI=1S/C47H51N5O6S.2CH4O3S/c53-31-10-8-25-18-33-46(55)13-12-30(41-44(46,35(25)39(31)57-41)14-16-51(33)21-23-4-5-23)49-43(59)48-29-3-1-2-27-28-20-47(56)34-19-26-9-11-32(54)40-36(26)45(47,15-17-52(34)22-24-6-7-24)42(58-40)38(28)50-37(27)29;2*1-5(2,3)4/h1-3,8-11,23-24,30,33-34,41-42,50,53-56H,4-7,12-22H2,(H2,48,49,59);2*1H3,(H,2,3,4)/t30-,33-,34-,41+,42+,44+,45+,46-,47-;;/m1../s1. The summed E-state index contributed by atoms with van der Waals surface area (Å²) in [5.41, 5.74) is 4.81. The van der Waals surface area contributed by atoms with Gasteiger partial charge in [0.1, 0.15) is 6.10 Å². The van der Waals surface area contributed by atoms with E-state index in [1.165, 1.54) is 36.8 Å². The minimum Gasteiger partial charge on any atom is -0.504 e. The quantitative estimate of drug-likeness (QED) is 0.0969. The second-order valence-electron chi connectivity index (χ2n) is 21.7. The molecule has 370 valence electrons. The first kappa shape index (κ1) is 45.9. The number of thiocarbonyl (C=S) groups is 1. The summed E-state index contributed by atoms with van der Waals surface area (Å²) < 4.78 is 65.4. The minimum absolute atomic E-state index is 0.0166. The summed E-state index contributed by atoms with van der Waals surface area (Å²) in [4.78, 5) is 8.94. The summed E-state index contributed by atoms with van der Waals surface area (Å²) in [6.07, 6.45) is 10.5. The van der Waals surface area contributed by atoms with Crippen LogP contribution in [0.5, 0.6) is 23.0 Å². The van der Waals surface area contributed by atoms with Crippen LogP contribution in [0.25, 0.3) is 10.9 Å². The Labute approximate surface area is 406 Å². The highest BCUT2D eigenvalue weighted by Crippen LogP contribution is 2.70. The van der Waals surface area contributed by atoms with E-state index in [9.17, 15) is 37.3 Å². The number of hydrogen-bond donors (Lipinski definition) is 9. The number of anilines is 1. The van der Waals surface area contributed by atoms with Gasteiger partial charge in [0.05, 0.1) is 57.5 Å². The van der Waals surface area contributed by atoms with Crippen molar-refractivity contribution in [1.29, 1.82) is 0 Å². The molecule has 20 heteroatoms. The Kier molecular flexibility index (Phi) is 10.2. The smallest absolute Gasteiger partial charge is 0.261 e. The zero-order valence-corrected chi connectivity index (χ0v) is 40.9. The van der Waals surface area contributed by atoms with E-state index in [2.05, 4.69) is 43.6 Å². The van der Waals surface area contributed by atoms with Crippen LogP contribution in [0, 0.1) is 11.8 Å². The van der Waals surface area contributed by atoms with Crippen LogP contribution in [-0.2, 0) is 50.3 Å². The maximum atomic E-state index is 13.3. The number of nitrogens with zero attached hydrogens (tertiary/aromatic N) is 2. The molecule has 69 heavy (non-hydrogen) atoms. The van der Waals surface area contributed by atoms with Crippen molar-refractivity contribution in [3.63, 3.8) is 0 Å². The predicted molar refractivity (Wildman–Crippen MR) is 259 cm³/mol. The predicted octanol–water partition coefficient (Wildman–Crippen LogP) is 4.21. The molecule has 0 radical (unpaired) electrons. The molecule has 1 aromatic heterocycles. The van der Waals surface area contributed by atoms with E-state index in [1.807, 2.05) is 12.1 Å². The first-order valence-electron chi connectivity index (χ1n) is 24.1. The lowest BCUT2D eigenvalue weighted by molar-refractivity contribution is -0.190. The lowest BCUT2D eigenvalue weighted by atomic mass is 9.48.